The quantitative estimate of drug-likeness (QED) is 0.655. The molecule has 1 unspecified atom stereocenters. The van der Waals surface area contributed by atoms with E-state index in [0.717, 1.165) is 4.90 Å². The predicted octanol–water partition coefficient (Wildman–Crippen LogP) is -1.01. The molecule has 1 saturated heterocycles. The standard InChI is InChI=1S/C10H13N5O3/c1-5-11-8(14-13-5)9(17)12-6-3-4-7(16)15(2)10(6)18/h6H,3-4H2,1-2H3,(H,12,17)(H,11,13,14). The molecule has 8 heteroatoms. The molecule has 3 amide bonds. The summed E-state index contributed by atoms with van der Waals surface area (Å²) in [5, 5.41) is 8.76. The van der Waals surface area contributed by atoms with Crippen LogP contribution in [0.15, 0.2) is 0 Å². The Morgan fingerprint density at radius 1 is 1.50 bits per heavy atom. The van der Waals surface area contributed by atoms with Crippen molar-refractivity contribution in [3.05, 3.63) is 11.6 Å². The van der Waals surface area contributed by atoms with E-state index in [1.165, 1.54) is 7.05 Å². The van der Waals surface area contributed by atoms with Gasteiger partial charge in [0.2, 0.25) is 11.7 Å². The van der Waals surface area contributed by atoms with Crippen molar-refractivity contribution in [1.82, 2.24) is 25.4 Å². The average molecular weight is 251 g/mol. The third-order valence-electron chi connectivity index (χ3n) is 2.76. The van der Waals surface area contributed by atoms with E-state index in [1.54, 1.807) is 6.92 Å². The highest BCUT2D eigenvalue weighted by Crippen LogP contribution is 2.11. The average Bonchev–Trinajstić information content (AvgIpc) is 2.77. The minimum absolute atomic E-state index is 0.0140. The van der Waals surface area contributed by atoms with Gasteiger partial charge in [0.05, 0.1) is 0 Å². The number of hydrogen-bond donors (Lipinski definition) is 2. The number of aromatic amines is 1. The summed E-state index contributed by atoms with van der Waals surface area (Å²) < 4.78 is 0. The summed E-state index contributed by atoms with van der Waals surface area (Å²) in [6.45, 7) is 1.67. The molecule has 96 valence electrons. The number of aromatic nitrogens is 3. The molecule has 0 radical (unpaired) electrons. The molecule has 1 aliphatic rings. The van der Waals surface area contributed by atoms with Gasteiger partial charge in [-0.3, -0.25) is 24.4 Å². The van der Waals surface area contributed by atoms with Crippen LogP contribution in [0.4, 0.5) is 0 Å². The number of hydrogen-bond acceptors (Lipinski definition) is 5. The summed E-state index contributed by atoms with van der Waals surface area (Å²) >= 11 is 0. The number of nitrogens with zero attached hydrogens (tertiary/aromatic N) is 3. The number of imide groups is 1. The zero-order valence-electron chi connectivity index (χ0n) is 10.1. The fourth-order valence-electron chi connectivity index (χ4n) is 1.72. The fourth-order valence-corrected chi connectivity index (χ4v) is 1.72. The molecule has 1 fully saturated rings. The number of carbonyl (C=O) groups is 3. The topological polar surface area (TPSA) is 108 Å². The van der Waals surface area contributed by atoms with Gasteiger partial charge >= 0.3 is 0 Å². The van der Waals surface area contributed by atoms with Crippen molar-refractivity contribution in [2.45, 2.75) is 25.8 Å². The number of likely N-dealkylation sites (N-methyl/N-ethyl adjacent to an activating group) is 1. The van der Waals surface area contributed by atoms with E-state index in [-0.39, 0.29) is 18.2 Å². The summed E-state index contributed by atoms with van der Waals surface area (Å²) in [5.74, 6) is -0.672. The number of aryl methyl sites for hydroxylation is 1. The van der Waals surface area contributed by atoms with Gasteiger partial charge in [0.1, 0.15) is 11.9 Å². The number of likely N-dealkylation sites (tertiary alicyclic amines) is 1. The Morgan fingerprint density at radius 3 is 2.83 bits per heavy atom. The molecule has 18 heavy (non-hydrogen) atoms. The molecular formula is C10H13N5O3. The van der Waals surface area contributed by atoms with Crippen molar-refractivity contribution in [3.63, 3.8) is 0 Å². The van der Waals surface area contributed by atoms with E-state index >= 15 is 0 Å². The Labute approximate surface area is 103 Å². The maximum absolute atomic E-state index is 11.7. The van der Waals surface area contributed by atoms with Gasteiger partial charge in [0, 0.05) is 13.5 Å². The molecule has 0 aromatic carbocycles. The molecule has 1 aliphatic heterocycles. The van der Waals surface area contributed by atoms with Crippen LogP contribution in [0.5, 0.6) is 0 Å². The lowest BCUT2D eigenvalue weighted by Crippen LogP contribution is -2.53. The lowest BCUT2D eigenvalue weighted by atomic mass is 10.0. The third kappa shape index (κ3) is 2.22. The second-order valence-corrected chi connectivity index (χ2v) is 4.10. The number of amides is 3. The summed E-state index contributed by atoms with van der Waals surface area (Å²) in [4.78, 5) is 39.7. The normalized spacial score (nSPS) is 20.1. The molecule has 8 nitrogen and oxygen atoms in total. The first kappa shape index (κ1) is 12.2. The van der Waals surface area contributed by atoms with Crippen LogP contribution in [-0.4, -0.2) is 50.9 Å². The molecule has 0 aliphatic carbocycles. The van der Waals surface area contributed by atoms with Crippen molar-refractivity contribution in [3.8, 4) is 0 Å². The van der Waals surface area contributed by atoms with Crippen LogP contribution in [-0.2, 0) is 9.59 Å². The highest BCUT2D eigenvalue weighted by atomic mass is 16.2. The van der Waals surface area contributed by atoms with E-state index in [4.69, 9.17) is 0 Å². The first-order valence-electron chi connectivity index (χ1n) is 5.49. The van der Waals surface area contributed by atoms with Crippen LogP contribution in [0.25, 0.3) is 0 Å². The minimum atomic E-state index is -0.695. The third-order valence-corrected chi connectivity index (χ3v) is 2.76. The van der Waals surface area contributed by atoms with Gasteiger partial charge in [-0.15, -0.1) is 5.10 Å². The Hall–Kier alpha value is -2.25. The van der Waals surface area contributed by atoms with E-state index in [9.17, 15) is 14.4 Å². The van der Waals surface area contributed by atoms with Gasteiger partial charge in [-0.1, -0.05) is 0 Å². The van der Waals surface area contributed by atoms with Gasteiger partial charge in [0.25, 0.3) is 11.8 Å². The molecule has 2 N–H and O–H groups in total. The summed E-state index contributed by atoms with van der Waals surface area (Å²) in [7, 11) is 1.40. The van der Waals surface area contributed by atoms with Crippen molar-refractivity contribution in [1.29, 1.82) is 0 Å². The Kier molecular flexibility index (Phi) is 3.09. The van der Waals surface area contributed by atoms with Gasteiger partial charge in [-0.25, -0.2) is 4.98 Å². The zero-order chi connectivity index (χ0) is 13.3. The molecule has 0 bridgehead atoms. The Balaban J connectivity index is 2.04. The maximum Gasteiger partial charge on any atom is 0.291 e. The number of H-pyrrole nitrogens is 1. The lowest BCUT2D eigenvalue weighted by Gasteiger charge is -2.27. The van der Waals surface area contributed by atoms with Crippen molar-refractivity contribution in [2.75, 3.05) is 7.05 Å². The van der Waals surface area contributed by atoms with Crippen molar-refractivity contribution >= 4 is 17.7 Å². The first-order chi connectivity index (χ1) is 8.49. The zero-order valence-corrected chi connectivity index (χ0v) is 10.1. The molecular weight excluding hydrogens is 238 g/mol. The number of piperidine rings is 1. The van der Waals surface area contributed by atoms with Crippen LogP contribution in [0.1, 0.15) is 29.3 Å². The maximum atomic E-state index is 11.7. The minimum Gasteiger partial charge on any atom is -0.337 e. The fraction of sp³-hybridized carbons (Fsp3) is 0.500. The summed E-state index contributed by atoms with van der Waals surface area (Å²) in [6.07, 6.45) is 0.539. The van der Waals surface area contributed by atoms with E-state index < -0.39 is 17.9 Å². The van der Waals surface area contributed by atoms with Crippen LogP contribution in [0, 0.1) is 6.92 Å². The Bertz CT molecular complexity index is 509. The molecule has 1 aromatic rings. The molecule has 1 atom stereocenters. The van der Waals surface area contributed by atoms with Gasteiger partial charge in [-0.05, 0) is 13.3 Å². The van der Waals surface area contributed by atoms with E-state index in [1.807, 2.05) is 0 Å². The highest BCUT2D eigenvalue weighted by Gasteiger charge is 2.33. The summed E-state index contributed by atoms with van der Waals surface area (Å²) in [6, 6.07) is -0.695. The van der Waals surface area contributed by atoms with Crippen molar-refractivity contribution in [2.24, 2.45) is 0 Å². The van der Waals surface area contributed by atoms with Crippen molar-refractivity contribution < 1.29 is 14.4 Å². The van der Waals surface area contributed by atoms with Crippen LogP contribution in [0.2, 0.25) is 0 Å². The number of rotatable bonds is 2. The van der Waals surface area contributed by atoms with E-state index in [0.29, 0.717) is 12.2 Å². The molecule has 2 rings (SSSR count). The second kappa shape index (κ2) is 4.55. The second-order valence-electron chi connectivity index (χ2n) is 4.10. The first-order valence-corrected chi connectivity index (χ1v) is 5.49. The van der Waals surface area contributed by atoms with Gasteiger partial charge in [0.15, 0.2) is 0 Å². The molecule has 0 spiro atoms. The monoisotopic (exact) mass is 251 g/mol. The highest BCUT2D eigenvalue weighted by molar-refractivity contribution is 6.02. The number of nitrogens with one attached hydrogen (secondary N) is 2. The molecule has 2 heterocycles. The Morgan fingerprint density at radius 2 is 2.22 bits per heavy atom. The SMILES string of the molecule is Cc1nc(C(=O)NC2CCC(=O)N(C)C2=O)n[nH]1. The lowest BCUT2D eigenvalue weighted by molar-refractivity contribution is -0.147. The molecule has 1 aromatic heterocycles. The predicted molar refractivity (Wildman–Crippen MR) is 59.4 cm³/mol. The smallest absolute Gasteiger partial charge is 0.291 e. The van der Waals surface area contributed by atoms with Gasteiger partial charge in [-0.2, -0.15) is 0 Å². The van der Waals surface area contributed by atoms with Crippen LogP contribution in [0.3, 0.4) is 0 Å². The van der Waals surface area contributed by atoms with Gasteiger partial charge < -0.3 is 5.32 Å². The molecule has 0 saturated carbocycles. The van der Waals surface area contributed by atoms with Crippen LogP contribution < -0.4 is 5.32 Å². The largest absolute Gasteiger partial charge is 0.337 e. The number of carbonyl (C=O) groups excluding carboxylic acids is 3. The van der Waals surface area contributed by atoms with Crippen LogP contribution >= 0.6 is 0 Å². The van der Waals surface area contributed by atoms with E-state index in [2.05, 4.69) is 20.5 Å². The summed E-state index contributed by atoms with van der Waals surface area (Å²) in [5.41, 5.74) is 0.